The Labute approximate surface area is 210 Å². The Balaban J connectivity index is -0.0000000533. The van der Waals surface area contributed by atoms with Gasteiger partial charge in [0.05, 0.1) is 6.54 Å². The average molecular weight is 312 g/mol. The second-order valence-electron chi connectivity index (χ2n) is 1.16. The third-order valence-corrected chi connectivity index (χ3v) is 0.829. The van der Waals surface area contributed by atoms with Crippen LogP contribution in [0, 0.1) is 0 Å². The molecule has 0 aliphatic rings. The van der Waals surface area contributed by atoms with Crippen LogP contribution in [0.2, 0.25) is 0 Å². The summed E-state index contributed by atoms with van der Waals surface area (Å²) in [7, 11) is -4.67. The molecule has 0 atom stereocenters. The van der Waals surface area contributed by atoms with E-state index in [2.05, 4.69) is 10.3 Å². The van der Waals surface area contributed by atoms with Crippen LogP contribution < -0.4 is 5.73 Å². The molecule has 0 saturated carbocycles. The molecule has 0 rings (SSSR count). The standard InChI is InChI=1S/C2H6NO5P.ClH.3K.3H/c3-1-2(4)8-9(5,6)7;;;;;;;/h1,3H2,(H2,5,6,7);1H;;;;;;. The Hall–Kier alpha value is 4.78. The van der Waals surface area contributed by atoms with E-state index in [9.17, 15) is 9.36 Å². The van der Waals surface area contributed by atoms with Gasteiger partial charge in [-0.15, -0.1) is 12.4 Å². The van der Waals surface area contributed by atoms with Crippen molar-refractivity contribution < 1.29 is 23.7 Å². The Morgan fingerprint density at radius 1 is 1.31 bits per heavy atom. The maximum atomic E-state index is 9.99. The predicted octanol–water partition coefficient (Wildman–Crippen LogP) is -2.94. The van der Waals surface area contributed by atoms with Gasteiger partial charge in [-0.2, -0.15) is 0 Å². The predicted molar refractivity (Wildman–Crippen MR) is 55.9 cm³/mol. The molecule has 0 saturated heterocycles. The van der Waals surface area contributed by atoms with Gasteiger partial charge in [0, 0.05) is 0 Å². The molecular formula is C2H10ClK3NO5P. The Kier molecular flexibility index (Phi) is 39.6. The summed E-state index contributed by atoms with van der Waals surface area (Å²) < 4.78 is 13.3. The minimum atomic E-state index is -4.67. The number of phosphoric ester groups is 1. The fraction of sp³-hybridized carbons (Fsp3) is 0.500. The summed E-state index contributed by atoms with van der Waals surface area (Å²) in [5, 5.41) is 0. The molecule has 11 heteroatoms. The molecule has 0 aromatic carbocycles. The molecule has 0 radical (unpaired) electrons. The van der Waals surface area contributed by atoms with E-state index in [0.717, 1.165) is 0 Å². The molecule has 0 amide bonds. The maximum absolute atomic E-state index is 9.99. The van der Waals surface area contributed by atoms with Crippen LogP contribution in [0.15, 0.2) is 0 Å². The van der Waals surface area contributed by atoms with Gasteiger partial charge in [-0.25, -0.2) is 4.57 Å². The number of hydrogen-bond donors (Lipinski definition) is 3. The first-order valence-electron chi connectivity index (χ1n) is 1.94. The molecule has 0 aliphatic heterocycles. The Morgan fingerprint density at radius 2 is 1.62 bits per heavy atom. The van der Waals surface area contributed by atoms with Crippen LogP contribution in [0.25, 0.3) is 0 Å². The topological polar surface area (TPSA) is 110 Å². The van der Waals surface area contributed by atoms with Gasteiger partial charge in [-0.05, 0) is 0 Å². The second kappa shape index (κ2) is 16.8. The number of carbonyl (C=O) groups is 1. The third-order valence-electron chi connectivity index (χ3n) is 0.387. The van der Waals surface area contributed by atoms with E-state index in [0.29, 0.717) is 0 Å². The van der Waals surface area contributed by atoms with E-state index in [1.54, 1.807) is 0 Å². The van der Waals surface area contributed by atoms with Crippen molar-refractivity contribution in [2.75, 3.05) is 6.54 Å². The molecule has 0 fully saturated rings. The fourth-order valence-corrected chi connectivity index (χ4v) is 0.510. The van der Waals surface area contributed by atoms with Gasteiger partial charge in [0.25, 0.3) is 0 Å². The molecule has 0 aromatic rings. The van der Waals surface area contributed by atoms with E-state index < -0.39 is 20.3 Å². The zero-order chi connectivity index (χ0) is 7.49. The van der Waals surface area contributed by atoms with E-state index >= 15 is 0 Å². The summed E-state index contributed by atoms with van der Waals surface area (Å²) in [5.41, 5.74) is 4.66. The van der Waals surface area contributed by atoms with E-state index in [1.807, 2.05) is 0 Å². The summed E-state index contributed by atoms with van der Waals surface area (Å²) in [6.07, 6.45) is 0. The van der Waals surface area contributed by atoms with Crippen molar-refractivity contribution >= 4 is 180 Å². The van der Waals surface area contributed by atoms with Crippen LogP contribution in [-0.2, 0) is 13.9 Å². The summed E-state index contributed by atoms with van der Waals surface area (Å²) in [6.45, 7) is -0.537. The number of nitrogens with two attached hydrogens (primary N) is 1. The van der Waals surface area contributed by atoms with Crippen LogP contribution in [0.5, 0.6) is 0 Å². The van der Waals surface area contributed by atoms with Crippen LogP contribution in [0.3, 0.4) is 0 Å². The zero-order valence-electron chi connectivity index (χ0n) is 4.76. The summed E-state index contributed by atoms with van der Waals surface area (Å²) in [5.74, 6) is -1.12. The number of halogens is 1. The van der Waals surface area contributed by atoms with Crippen LogP contribution in [-0.4, -0.2) is 176 Å². The minimum absolute atomic E-state index is 0. The normalized spacial score (nSPS) is 7.62. The van der Waals surface area contributed by atoms with Gasteiger partial charge in [0.2, 0.25) is 0 Å². The fourth-order valence-electron chi connectivity index (χ4n) is 0.170. The summed E-state index contributed by atoms with van der Waals surface area (Å²) >= 11 is 0. The van der Waals surface area contributed by atoms with Crippen molar-refractivity contribution in [2.45, 2.75) is 0 Å². The average Bonchev–Trinajstić information content (AvgIpc) is 1.62. The Morgan fingerprint density at radius 3 is 1.69 bits per heavy atom. The number of hydrogen-bond acceptors (Lipinski definition) is 4. The van der Waals surface area contributed by atoms with Crippen LogP contribution >= 0.6 is 20.2 Å². The van der Waals surface area contributed by atoms with Gasteiger partial charge in [-0.1, -0.05) is 0 Å². The molecule has 0 unspecified atom stereocenters. The molecule has 0 heterocycles. The van der Waals surface area contributed by atoms with Crippen molar-refractivity contribution in [3.05, 3.63) is 0 Å². The first-order valence-corrected chi connectivity index (χ1v) is 3.47. The van der Waals surface area contributed by atoms with Gasteiger partial charge in [0.15, 0.2) is 0 Å². The molecule has 0 aromatic heterocycles. The van der Waals surface area contributed by atoms with Gasteiger partial charge >= 0.3 is 168 Å². The van der Waals surface area contributed by atoms with Gasteiger partial charge in [-0.3, -0.25) is 14.6 Å². The molecule has 0 spiro atoms. The second-order valence-corrected chi connectivity index (χ2v) is 2.32. The molecule has 68 valence electrons. The number of rotatable bonds is 2. The molecule has 0 bridgehead atoms. The van der Waals surface area contributed by atoms with E-state index in [1.165, 1.54) is 0 Å². The van der Waals surface area contributed by atoms with E-state index in [4.69, 9.17) is 9.79 Å². The van der Waals surface area contributed by atoms with Crippen molar-refractivity contribution in [1.82, 2.24) is 0 Å². The first-order chi connectivity index (χ1) is 3.95. The van der Waals surface area contributed by atoms with Gasteiger partial charge < -0.3 is 10.3 Å². The summed E-state index contributed by atoms with van der Waals surface area (Å²) in [6, 6.07) is 0. The molecule has 13 heavy (non-hydrogen) atoms. The van der Waals surface area contributed by atoms with Crippen molar-refractivity contribution in [3.8, 4) is 0 Å². The van der Waals surface area contributed by atoms with Crippen molar-refractivity contribution in [3.63, 3.8) is 0 Å². The van der Waals surface area contributed by atoms with E-state index in [-0.39, 0.29) is 167 Å². The molecule has 0 aliphatic carbocycles. The third kappa shape index (κ3) is 26.4. The Bertz CT molecular complexity index is 164. The van der Waals surface area contributed by atoms with Crippen molar-refractivity contribution in [2.24, 2.45) is 5.73 Å². The van der Waals surface area contributed by atoms with Crippen LogP contribution in [0.1, 0.15) is 0 Å². The monoisotopic (exact) mass is 311 g/mol. The first kappa shape index (κ1) is 30.7. The van der Waals surface area contributed by atoms with Gasteiger partial charge in [0.1, 0.15) is 0 Å². The zero-order valence-corrected chi connectivity index (χ0v) is 6.47. The molecule has 4 N–H and O–H groups in total. The quantitative estimate of drug-likeness (QED) is 0.372. The van der Waals surface area contributed by atoms with Crippen LogP contribution in [0.4, 0.5) is 0 Å². The number of phosphoric acid groups is 1. The number of carbonyl (C=O) groups excluding carboxylic acids is 1. The molecule has 6 nitrogen and oxygen atoms in total. The molecular weight excluding hydrogens is 302 g/mol. The van der Waals surface area contributed by atoms with Crippen molar-refractivity contribution in [1.29, 1.82) is 0 Å². The SMILES string of the molecule is Cl.NCC(=O)OP(=O)(O)O.[KH].[KH].[KH]. The summed E-state index contributed by atoms with van der Waals surface area (Å²) in [4.78, 5) is 25.9.